The molecule has 0 saturated heterocycles. The molecule has 0 spiro atoms. The van der Waals surface area contributed by atoms with Crippen molar-refractivity contribution < 1.29 is 4.79 Å². The molecule has 0 aliphatic heterocycles. The fraction of sp³-hybridized carbons (Fsp3) is 0.143. The number of aromatic nitrogens is 2. The third-order valence-corrected chi connectivity index (χ3v) is 5.16. The van der Waals surface area contributed by atoms with Gasteiger partial charge in [-0.3, -0.25) is 9.20 Å². The molecule has 130 valence electrons. The molecule has 0 bridgehead atoms. The summed E-state index contributed by atoms with van der Waals surface area (Å²) < 4.78 is 2.02. The van der Waals surface area contributed by atoms with Gasteiger partial charge < -0.3 is 5.32 Å². The zero-order chi connectivity index (χ0) is 17.8. The molecular weight excluding hydrogens is 342 g/mol. The lowest BCUT2D eigenvalue weighted by Crippen LogP contribution is -2.27. The molecule has 2 heterocycles. The normalized spacial score (nSPS) is 10.9. The molecule has 0 atom stereocenters. The summed E-state index contributed by atoms with van der Waals surface area (Å²) in [5, 5.41) is 5.01. The minimum atomic E-state index is 0.0376. The monoisotopic (exact) mass is 361 g/mol. The molecule has 4 aromatic rings. The fourth-order valence-electron chi connectivity index (χ4n) is 2.92. The number of hydrogen-bond acceptors (Lipinski definition) is 3. The number of nitrogens with one attached hydrogen (secondary N) is 1. The van der Waals surface area contributed by atoms with Gasteiger partial charge in [0.25, 0.3) is 0 Å². The molecule has 26 heavy (non-hydrogen) atoms. The molecule has 4 nitrogen and oxygen atoms in total. The van der Waals surface area contributed by atoms with E-state index in [4.69, 9.17) is 0 Å². The van der Waals surface area contributed by atoms with Gasteiger partial charge in [-0.1, -0.05) is 60.7 Å². The predicted molar refractivity (Wildman–Crippen MR) is 105 cm³/mol. The number of nitrogens with zero attached hydrogens (tertiary/aromatic N) is 2. The lowest BCUT2D eigenvalue weighted by Gasteiger charge is -2.05. The number of amides is 1. The van der Waals surface area contributed by atoms with Crippen LogP contribution in [0, 0.1) is 0 Å². The Labute approximate surface area is 156 Å². The number of thiazole rings is 1. The van der Waals surface area contributed by atoms with Crippen LogP contribution < -0.4 is 5.32 Å². The van der Waals surface area contributed by atoms with Crippen LogP contribution in [0.5, 0.6) is 0 Å². The van der Waals surface area contributed by atoms with Gasteiger partial charge in [0.2, 0.25) is 5.91 Å². The number of hydrogen-bond donors (Lipinski definition) is 1. The van der Waals surface area contributed by atoms with Crippen LogP contribution in [-0.4, -0.2) is 21.8 Å². The van der Waals surface area contributed by atoms with Crippen molar-refractivity contribution in [2.45, 2.75) is 12.8 Å². The second-order valence-corrected chi connectivity index (χ2v) is 6.97. The molecule has 0 fully saturated rings. The molecule has 2 aromatic carbocycles. The van der Waals surface area contributed by atoms with E-state index in [1.54, 1.807) is 11.3 Å². The average Bonchev–Trinajstić information content (AvgIpc) is 3.25. The number of fused-ring (bicyclic) bond motifs is 1. The van der Waals surface area contributed by atoms with Crippen LogP contribution in [0.15, 0.2) is 72.2 Å². The largest absolute Gasteiger partial charge is 0.355 e. The molecule has 1 amide bonds. The molecule has 2 aromatic heterocycles. The van der Waals surface area contributed by atoms with Crippen molar-refractivity contribution >= 4 is 22.2 Å². The van der Waals surface area contributed by atoms with E-state index in [2.05, 4.69) is 22.4 Å². The topological polar surface area (TPSA) is 46.4 Å². The van der Waals surface area contributed by atoms with Crippen molar-refractivity contribution in [3.05, 3.63) is 83.5 Å². The van der Waals surface area contributed by atoms with E-state index in [9.17, 15) is 4.79 Å². The van der Waals surface area contributed by atoms with Crippen LogP contribution in [0.2, 0.25) is 0 Å². The van der Waals surface area contributed by atoms with Gasteiger partial charge >= 0.3 is 0 Å². The lowest BCUT2D eigenvalue weighted by molar-refractivity contribution is -0.120. The number of carbonyl (C=O) groups is 1. The van der Waals surface area contributed by atoms with Gasteiger partial charge in [0.1, 0.15) is 0 Å². The van der Waals surface area contributed by atoms with Crippen molar-refractivity contribution in [2.24, 2.45) is 0 Å². The molecule has 0 saturated carbocycles. The lowest BCUT2D eigenvalue weighted by atomic mass is 10.1. The zero-order valence-corrected chi connectivity index (χ0v) is 15.1. The van der Waals surface area contributed by atoms with E-state index in [-0.39, 0.29) is 5.91 Å². The second kappa shape index (κ2) is 7.54. The summed E-state index contributed by atoms with van der Waals surface area (Å²) in [6.07, 6.45) is 3.21. The van der Waals surface area contributed by atoms with Crippen molar-refractivity contribution in [3.8, 4) is 11.3 Å². The average molecular weight is 361 g/mol. The highest BCUT2D eigenvalue weighted by atomic mass is 32.1. The first-order valence-corrected chi connectivity index (χ1v) is 9.49. The van der Waals surface area contributed by atoms with Gasteiger partial charge in [-0.2, -0.15) is 0 Å². The fourth-order valence-corrected chi connectivity index (χ4v) is 3.80. The SMILES string of the molecule is O=C(Cc1csc2nc(-c3ccccc3)cn12)NCCc1ccccc1. The van der Waals surface area contributed by atoms with Crippen LogP contribution in [-0.2, 0) is 17.6 Å². The Morgan fingerprint density at radius 2 is 1.77 bits per heavy atom. The maximum absolute atomic E-state index is 12.3. The Morgan fingerprint density at radius 3 is 2.54 bits per heavy atom. The summed E-state index contributed by atoms with van der Waals surface area (Å²) in [7, 11) is 0. The zero-order valence-electron chi connectivity index (χ0n) is 14.3. The van der Waals surface area contributed by atoms with Crippen molar-refractivity contribution in [1.29, 1.82) is 0 Å². The summed E-state index contributed by atoms with van der Waals surface area (Å²) in [4.78, 5) is 17.9. The van der Waals surface area contributed by atoms with Crippen LogP contribution in [0.1, 0.15) is 11.3 Å². The Balaban J connectivity index is 1.40. The van der Waals surface area contributed by atoms with Gasteiger partial charge in [0.05, 0.1) is 12.1 Å². The standard InChI is InChI=1S/C21H19N3OS/c25-20(22-12-11-16-7-3-1-4-8-16)13-18-15-26-21-23-19(14-24(18)21)17-9-5-2-6-10-17/h1-10,14-15H,11-13H2,(H,22,25). The van der Waals surface area contributed by atoms with E-state index in [0.717, 1.165) is 28.3 Å². The molecule has 1 N–H and O–H groups in total. The molecule has 5 heteroatoms. The molecule has 0 aliphatic rings. The number of benzene rings is 2. The highest BCUT2D eigenvalue weighted by molar-refractivity contribution is 7.15. The van der Waals surface area contributed by atoms with E-state index in [1.165, 1.54) is 5.56 Å². The quantitative estimate of drug-likeness (QED) is 0.565. The first-order valence-electron chi connectivity index (χ1n) is 8.61. The van der Waals surface area contributed by atoms with E-state index < -0.39 is 0 Å². The summed E-state index contributed by atoms with van der Waals surface area (Å²) in [6.45, 7) is 0.648. The summed E-state index contributed by atoms with van der Waals surface area (Å²) in [5.41, 5.74) is 4.22. The summed E-state index contributed by atoms with van der Waals surface area (Å²) >= 11 is 1.56. The highest BCUT2D eigenvalue weighted by Crippen LogP contribution is 2.23. The van der Waals surface area contributed by atoms with Crippen LogP contribution >= 0.6 is 11.3 Å². The Kier molecular flexibility index (Phi) is 4.80. The van der Waals surface area contributed by atoms with Crippen molar-refractivity contribution in [3.63, 3.8) is 0 Å². The molecule has 0 aliphatic carbocycles. The summed E-state index contributed by atoms with van der Waals surface area (Å²) in [5.74, 6) is 0.0376. The first-order chi connectivity index (χ1) is 12.8. The summed E-state index contributed by atoms with van der Waals surface area (Å²) in [6, 6.07) is 20.3. The Hall–Kier alpha value is -2.92. The predicted octanol–water partition coefficient (Wildman–Crippen LogP) is 3.96. The van der Waals surface area contributed by atoms with Gasteiger partial charge in [-0.15, -0.1) is 11.3 Å². The van der Waals surface area contributed by atoms with Crippen molar-refractivity contribution in [2.75, 3.05) is 6.54 Å². The number of carbonyl (C=O) groups excluding carboxylic acids is 1. The highest BCUT2D eigenvalue weighted by Gasteiger charge is 2.12. The third-order valence-electron chi connectivity index (χ3n) is 4.27. The number of imidazole rings is 1. The van der Waals surface area contributed by atoms with Gasteiger partial charge in [0, 0.05) is 29.4 Å². The van der Waals surface area contributed by atoms with Crippen molar-refractivity contribution in [1.82, 2.24) is 14.7 Å². The first kappa shape index (κ1) is 16.5. The van der Waals surface area contributed by atoms with E-state index >= 15 is 0 Å². The smallest absolute Gasteiger partial charge is 0.225 e. The van der Waals surface area contributed by atoms with Gasteiger partial charge in [-0.25, -0.2) is 4.98 Å². The Morgan fingerprint density at radius 1 is 1.04 bits per heavy atom. The van der Waals surface area contributed by atoms with E-state index in [0.29, 0.717) is 13.0 Å². The number of rotatable bonds is 6. The molecule has 0 radical (unpaired) electrons. The maximum Gasteiger partial charge on any atom is 0.225 e. The molecule has 4 rings (SSSR count). The molecular formula is C21H19N3OS. The Bertz CT molecular complexity index is 1010. The minimum absolute atomic E-state index is 0.0376. The molecule has 0 unspecified atom stereocenters. The maximum atomic E-state index is 12.3. The van der Waals surface area contributed by atoms with Crippen LogP contribution in [0.25, 0.3) is 16.2 Å². The van der Waals surface area contributed by atoms with Gasteiger partial charge in [-0.05, 0) is 12.0 Å². The second-order valence-electron chi connectivity index (χ2n) is 6.13. The third kappa shape index (κ3) is 3.68. The van der Waals surface area contributed by atoms with Crippen LogP contribution in [0.4, 0.5) is 0 Å². The van der Waals surface area contributed by atoms with Gasteiger partial charge in [0.15, 0.2) is 4.96 Å². The van der Waals surface area contributed by atoms with Crippen LogP contribution in [0.3, 0.4) is 0 Å². The van der Waals surface area contributed by atoms with E-state index in [1.807, 2.05) is 64.5 Å². The minimum Gasteiger partial charge on any atom is -0.355 e.